The normalized spacial score (nSPS) is 36.3. The van der Waals surface area contributed by atoms with Crippen molar-refractivity contribution < 1.29 is 4.79 Å². The summed E-state index contributed by atoms with van der Waals surface area (Å²) in [6.45, 7) is 3.66. The van der Waals surface area contributed by atoms with Crippen LogP contribution in [0.3, 0.4) is 0 Å². The lowest BCUT2D eigenvalue weighted by molar-refractivity contribution is -0.140. The summed E-state index contributed by atoms with van der Waals surface area (Å²) in [6, 6.07) is 1.14. The number of piperazine rings is 2. The van der Waals surface area contributed by atoms with E-state index in [0.717, 1.165) is 25.6 Å². The number of rotatable bonds is 1. The minimum Gasteiger partial charge on any atom is -0.343 e. The highest BCUT2D eigenvalue weighted by Crippen LogP contribution is 2.32. The summed E-state index contributed by atoms with van der Waals surface area (Å²) in [7, 11) is 1.93. The molecule has 3 aliphatic rings. The number of hydrogen-bond acceptors (Lipinski definition) is 3. The average molecular weight is 237 g/mol. The van der Waals surface area contributed by atoms with Gasteiger partial charge in [0.25, 0.3) is 0 Å². The molecule has 1 aliphatic carbocycles. The number of nitrogens with one attached hydrogen (secondary N) is 1. The van der Waals surface area contributed by atoms with E-state index in [1.54, 1.807) is 0 Å². The predicted molar refractivity (Wildman–Crippen MR) is 66.7 cm³/mol. The van der Waals surface area contributed by atoms with E-state index in [1.807, 2.05) is 11.9 Å². The minimum absolute atomic E-state index is 0.297. The molecule has 2 aliphatic heterocycles. The van der Waals surface area contributed by atoms with E-state index in [4.69, 9.17) is 0 Å². The molecule has 2 heterocycles. The molecule has 0 radical (unpaired) electrons. The first-order chi connectivity index (χ1) is 8.25. The van der Waals surface area contributed by atoms with Crippen molar-refractivity contribution in [3.8, 4) is 0 Å². The molecular formula is C13H23N3O. The van der Waals surface area contributed by atoms with Crippen molar-refractivity contribution in [2.24, 2.45) is 5.92 Å². The highest BCUT2D eigenvalue weighted by molar-refractivity contribution is 5.79. The van der Waals surface area contributed by atoms with E-state index in [1.165, 1.54) is 25.7 Å². The zero-order valence-electron chi connectivity index (χ0n) is 10.7. The van der Waals surface area contributed by atoms with Gasteiger partial charge in [0.2, 0.25) is 5.91 Å². The van der Waals surface area contributed by atoms with Gasteiger partial charge in [0, 0.05) is 38.8 Å². The molecule has 1 saturated carbocycles. The lowest BCUT2D eigenvalue weighted by Crippen LogP contribution is -2.67. The fraction of sp³-hybridized carbons (Fsp3) is 0.923. The highest BCUT2D eigenvalue weighted by atomic mass is 16.2. The first-order valence-corrected chi connectivity index (χ1v) is 6.96. The van der Waals surface area contributed by atoms with Gasteiger partial charge in [-0.05, 0) is 18.8 Å². The Kier molecular flexibility index (Phi) is 3.09. The maximum absolute atomic E-state index is 11.9. The molecule has 0 spiro atoms. The van der Waals surface area contributed by atoms with Crippen molar-refractivity contribution >= 4 is 5.91 Å². The van der Waals surface area contributed by atoms with E-state index < -0.39 is 0 Å². The van der Waals surface area contributed by atoms with Gasteiger partial charge < -0.3 is 10.2 Å². The summed E-state index contributed by atoms with van der Waals surface area (Å²) >= 11 is 0. The van der Waals surface area contributed by atoms with Crippen LogP contribution in [-0.2, 0) is 4.79 Å². The molecule has 2 unspecified atom stereocenters. The van der Waals surface area contributed by atoms with Gasteiger partial charge in [-0.3, -0.25) is 9.69 Å². The van der Waals surface area contributed by atoms with Crippen molar-refractivity contribution in [3.63, 3.8) is 0 Å². The van der Waals surface area contributed by atoms with Gasteiger partial charge in [-0.1, -0.05) is 12.8 Å². The molecule has 17 heavy (non-hydrogen) atoms. The van der Waals surface area contributed by atoms with Crippen LogP contribution in [0.5, 0.6) is 0 Å². The molecule has 0 aromatic heterocycles. The number of amides is 1. The molecule has 2 atom stereocenters. The number of carbonyl (C=O) groups excluding carboxylic acids is 1. The number of fused-ring (bicyclic) bond motifs is 1. The van der Waals surface area contributed by atoms with Crippen LogP contribution in [0.4, 0.5) is 0 Å². The van der Waals surface area contributed by atoms with Crippen LogP contribution in [0.2, 0.25) is 0 Å². The quantitative estimate of drug-likeness (QED) is 0.712. The van der Waals surface area contributed by atoms with Gasteiger partial charge in [0.1, 0.15) is 0 Å². The van der Waals surface area contributed by atoms with Crippen molar-refractivity contribution in [2.45, 2.75) is 37.8 Å². The minimum atomic E-state index is 0.297. The van der Waals surface area contributed by atoms with E-state index >= 15 is 0 Å². The molecule has 0 bridgehead atoms. The number of nitrogens with zero attached hydrogens (tertiary/aromatic N) is 2. The molecule has 1 N–H and O–H groups in total. The van der Waals surface area contributed by atoms with Crippen LogP contribution in [-0.4, -0.2) is 61.0 Å². The lowest BCUT2D eigenvalue weighted by Gasteiger charge is -2.49. The van der Waals surface area contributed by atoms with Gasteiger partial charge in [-0.2, -0.15) is 0 Å². The number of hydrogen-bond donors (Lipinski definition) is 1. The van der Waals surface area contributed by atoms with Gasteiger partial charge in [0.15, 0.2) is 0 Å². The zero-order chi connectivity index (χ0) is 11.8. The van der Waals surface area contributed by atoms with E-state index in [0.29, 0.717) is 24.5 Å². The summed E-state index contributed by atoms with van der Waals surface area (Å²) in [5.74, 6) is 1.12. The molecular weight excluding hydrogens is 214 g/mol. The largest absolute Gasteiger partial charge is 0.343 e. The highest BCUT2D eigenvalue weighted by Gasteiger charge is 2.40. The van der Waals surface area contributed by atoms with Crippen LogP contribution in [0.1, 0.15) is 25.7 Å². The first kappa shape index (κ1) is 11.5. The zero-order valence-corrected chi connectivity index (χ0v) is 10.7. The molecule has 4 nitrogen and oxygen atoms in total. The van der Waals surface area contributed by atoms with E-state index in [-0.39, 0.29) is 0 Å². The van der Waals surface area contributed by atoms with Gasteiger partial charge in [-0.25, -0.2) is 0 Å². The molecule has 4 heteroatoms. The van der Waals surface area contributed by atoms with Crippen LogP contribution >= 0.6 is 0 Å². The van der Waals surface area contributed by atoms with E-state index in [9.17, 15) is 4.79 Å². The summed E-state index contributed by atoms with van der Waals surface area (Å²) in [4.78, 5) is 16.3. The second-order valence-corrected chi connectivity index (χ2v) is 5.87. The Morgan fingerprint density at radius 1 is 1.24 bits per heavy atom. The number of carbonyl (C=O) groups is 1. The Morgan fingerprint density at radius 2 is 2.00 bits per heavy atom. The summed E-state index contributed by atoms with van der Waals surface area (Å²) in [5.41, 5.74) is 0. The average Bonchev–Trinajstić information content (AvgIpc) is 2.83. The fourth-order valence-corrected chi connectivity index (χ4v) is 3.79. The maximum atomic E-state index is 11.9. The Balaban J connectivity index is 1.74. The third-order valence-corrected chi connectivity index (χ3v) is 4.80. The Hall–Kier alpha value is -0.610. The molecule has 3 fully saturated rings. The second-order valence-electron chi connectivity index (χ2n) is 5.87. The van der Waals surface area contributed by atoms with Crippen LogP contribution in [0.15, 0.2) is 0 Å². The van der Waals surface area contributed by atoms with Crippen molar-refractivity contribution in [2.75, 3.05) is 33.2 Å². The van der Waals surface area contributed by atoms with Crippen molar-refractivity contribution in [1.29, 1.82) is 0 Å². The first-order valence-electron chi connectivity index (χ1n) is 6.96. The third-order valence-electron chi connectivity index (χ3n) is 4.80. The fourth-order valence-electron chi connectivity index (χ4n) is 3.79. The molecule has 96 valence electrons. The summed E-state index contributed by atoms with van der Waals surface area (Å²) < 4.78 is 0. The number of likely N-dealkylation sites (N-methyl/N-ethyl adjacent to an activating group) is 1. The molecule has 0 aromatic rings. The molecule has 2 saturated heterocycles. The third kappa shape index (κ3) is 2.08. The summed E-state index contributed by atoms with van der Waals surface area (Å²) in [6.07, 6.45) is 5.49. The van der Waals surface area contributed by atoms with Crippen molar-refractivity contribution in [3.05, 3.63) is 0 Å². The van der Waals surface area contributed by atoms with Crippen molar-refractivity contribution in [1.82, 2.24) is 15.1 Å². The molecule has 3 rings (SSSR count). The maximum Gasteiger partial charge on any atom is 0.236 e. The Morgan fingerprint density at radius 3 is 2.76 bits per heavy atom. The van der Waals surface area contributed by atoms with Gasteiger partial charge >= 0.3 is 0 Å². The Labute approximate surface area is 103 Å². The Bertz CT molecular complexity index is 301. The standard InChI is InChI=1S/C13H23N3O/c1-15-8-11-6-14-7-12(10-4-2-3-5-10)16(11)9-13(15)17/h10-12,14H,2-9H2,1H3. The molecule has 0 aromatic carbocycles. The van der Waals surface area contributed by atoms with Gasteiger partial charge in [-0.15, -0.1) is 0 Å². The summed E-state index contributed by atoms with van der Waals surface area (Å²) in [5, 5.41) is 3.57. The van der Waals surface area contributed by atoms with Crippen LogP contribution in [0, 0.1) is 5.92 Å². The van der Waals surface area contributed by atoms with Gasteiger partial charge in [0.05, 0.1) is 6.54 Å². The monoisotopic (exact) mass is 237 g/mol. The predicted octanol–water partition coefficient (Wildman–Crippen LogP) is 0.291. The topological polar surface area (TPSA) is 35.6 Å². The van der Waals surface area contributed by atoms with Crippen LogP contribution < -0.4 is 5.32 Å². The lowest BCUT2D eigenvalue weighted by atomic mass is 9.92. The SMILES string of the molecule is CN1CC2CNCC(C3CCCC3)N2CC1=O. The second kappa shape index (κ2) is 4.58. The molecule has 1 amide bonds. The smallest absolute Gasteiger partial charge is 0.236 e. The van der Waals surface area contributed by atoms with E-state index in [2.05, 4.69) is 10.2 Å². The van der Waals surface area contributed by atoms with Crippen LogP contribution in [0.25, 0.3) is 0 Å².